The number of hydrogen-bond donors (Lipinski definition) is 0. The van der Waals surface area contributed by atoms with Crippen molar-refractivity contribution in [2.45, 2.75) is 0 Å². The van der Waals surface area contributed by atoms with Gasteiger partial charge in [0.2, 0.25) is 0 Å². The van der Waals surface area contributed by atoms with Crippen LogP contribution in [0.4, 0.5) is 34.1 Å². The molecule has 67 heavy (non-hydrogen) atoms. The highest BCUT2D eigenvalue weighted by atomic mass is 16.3. The Kier molecular flexibility index (Phi) is 10.2. The Labute approximate surface area is 390 Å². The second-order valence-electron chi connectivity index (χ2n) is 17.0. The number of furan rings is 1. The monoisotopic (exact) mass is 856 g/mol. The number of para-hydroxylation sites is 1. The number of benzene rings is 11. The molecule has 3 nitrogen and oxygen atoms in total. The minimum Gasteiger partial charge on any atom is -0.456 e. The van der Waals surface area contributed by atoms with Crippen molar-refractivity contribution in [3.05, 3.63) is 267 Å². The second-order valence-corrected chi connectivity index (χ2v) is 17.0. The number of hydrogen-bond acceptors (Lipinski definition) is 3. The van der Waals surface area contributed by atoms with Crippen LogP contribution in [0.1, 0.15) is 0 Å². The van der Waals surface area contributed by atoms with Gasteiger partial charge < -0.3 is 14.2 Å². The summed E-state index contributed by atoms with van der Waals surface area (Å²) in [7, 11) is 0. The van der Waals surface area contributed by atoms with Crippen molar-refractivity contribution in [2.24, 2.45) is 0 Å². The van der Waals surface area contributed by atoms with Gasteiger partial charge in [-0.25, -0.2) is 0 Å². The van der Waals surface area contributed by atoms with Crippen molar-refractivity contribution in [2.75, 3.05) is 9.80 Å². The van der Waals surface area contributed by atoms with E-state index in [1.54, 1.807) is 0 Å². The molecule has 11 aromatic carbocycles. The maximum absolute atomic E-state index is 6.45. The zero-order chi connectivity index (χ0) is 44.5. The molecule has 0 fully saturated rings. The van der Waals surface area contributed by atoms with E-state index < -0.39 is 0 Å². The van der Waals surface area contributed by atoms with Crippen LogP contribution in [0.3, 0.4) is 0 Å². The predicted octanol–water partition coefficient (Wildman–Crippen LogP) is 18.3. The summed E-state index contributed by atoms with van der Waals surface area (Å²) in [6, 6.07) is 95.6. The van der Waals surface area contributed by atoms with Crippen LogP contribution in [-0.4, -0.2) is 0 Å². The van der Waals surface area contributed by atoms with Gasteiger partial charge in [-0.3, -0.25) is 0 Å². The van der Waals surface area contributed by atoms with Gasteiger partial charge in [-0.2, -0.15) is 0 Å². The van der Waals surface area contributed by atoms with Crippen LogP contribution in [0.2, 0.25) is 0 Å². The van der Waals surface area contributed by atoms with Crippen molar-refractivity contribution in [3.8, 4) is 44.5 Å². The summed E-state index contributed by atoms with van der Waals surface area (Å²) in [5.74, 6) is 0. The van der Waals surface area contributed by atoms with Gasteiger partial charge >= 0.3 is 0 Å². The molecular formula is C64H44N2O. The summed E-state index contributed by atoms with van der Waals surface area (Å²) in [5.41, 5.74) is 17.4. The lowest BCUT2D eigenvalue weighted by molar-refractivity contribution is 0.669. The van der Waals surface area contributed by atoms with Crippen molar-refractivity contribution >= 4 is 66.8 Å². The number of anilines is 6. The van der Waals surface area contributed by atoms with Gasteiger partial charge in [0.05, 0.1) is 0 Å². The van der Waals surface area contributed by atoms with E-state index in [2.05, 4.69) is 265 Å². The molecule has 1 aromatic heterocycles. The quantitative estimate of drug-likeness (QED) is 0.137. The molecule has 0 radical (unpaired) electrons. The summed E-state index contributed by atoms with van der Waals surface area (Å²) in [5, 5.41) is 4.61. The Hall–Kier alpha value is -8.92. The maximum Gasteiger partial charge on any atom is 0.137 e. The molecule has 0 N–H and O–H groups in total. The Morgan fingerprint density at radius 1 is 0.209 bits per heavy atom. The van der Waals surface area contributed by atoms with Gasteiger partial charge in [0, 0.05) is 51.0 Å². The molecule has 12 aromatic rings. The first kappa shape index (κ1) is 39.7. The average molecular weight is 857 g/mol. The summed E-state index contributed by atoms with van der Waals surface area (Å²) in [6.45, 7) is 0. The van der Waals surface area contributed by atoms with E-state index in [4.69, 9.17) is 4.42 Å². The number of nitrogens with zero attached hydrogens (tertiary/aromatic N) is 2. The molecule has 1 heterocycles. The molecule has 0 spiro atoms. The molecule has 0 unspecified atom stereocenters. The highest BCUT2D eigenvalue weighted by Gasteiger charge is 2.19. The smallest absolute Gasteiger partial charge is 0.137 e. The Bertz CT molecular complexity index is 3690. The predicted molar refractivity (Wildman–Crippen MR) is 282 cm³/mol. The first-order chi connectivity index (χ1) is 33.2. The zero-order valence-corrected chi connectivity index (χ0v) is 36.7. The van der Waals surface area contributed by atoms with Crippen LogP contribution in [-0.2, 0) is 0 Å². The van der Waals surface area contributed by atoms with E-state index in [9.17, 15) is 0 Å². The second kappa shape index (κ2) is 17.2. The van der Waals surface area contributed by atoms with E-state index >= 15 is 0 Å². The van der Waals surface area contributed by atoms with Gasteiger partial charge in [0.25, 0.3) is 0 Å². The van der Waals surface area contributed by atoms with E-state index in [0.29, 0.717) is 0 Å². The molecule has 316 valence electrons. The Morgan fingerprint density at radius 2 is 0.582 bits per heavy atom. The maximum atomic E-state index is 6.45. The topological polar surface area (TPSA) is 19.6 Å². The van der Waals surface area contributed by atoms with E-state index in [-0.39, 0.29) is 0 Å². The van der Waals surface area contributed by atoms with Crippen LogP contribution in [0, 0.1) is 0 Å². The molecule has 0 amide bonds. The van der Waals surface area contributed by atoms with Gasteiger partial charge in [-0.15, -0.1) is 0 Å². The third kappa shape index (κ3) is 7.79. The first-order valence-electron chi connectivity index (χ1n) is 22.8. The fraction of sp³-hybridized carbons (Fsp3) is 0. The van der Waals surface area contributed by atoms with E-state index in [0.717, 1.165) is 72.8 Å². The molecule has 0 atom stereocenters. The van der Waals surface area contributed by atoms with Crippen molar-refractivity contribution in [3.63, 3.8) is 0 Å². The summed E-state index contributed by atoms with van der Waals surface area (Å²) in [4.78, 5) is 4.71. The van der Waals surface area contributed by atoms with E-state index in [1.807, 2.05) is 12.1 Å². The average Bonchev–Trinajstić information content (AvgIpc) is 3.78. The molecule has 0 saturated carbocycles. The molecule has 0 bridgehead atoms. The molecule has 0 aliphatic rings. The third-order valence-electron chi connectivity index (χ3n) is 12.8. The van der Waals surface area contributed by atoms with Gasteiger partial charge in [-0.1, -0.05) is 176 Å². The summed E-state index contributed by atoms with van der Waals surface area (Å²) < 4.78 is 6.45. The largest absolute Gasteiger partial charge is 0.456 e. The minimum atomic E-state index is 0.856. The molecule has 0 aliphatic heterocycles. The third-order valence-corrected chi connectivity index (χ3v) is 12.8. The lowest BCUT2D eigenvalue weighted by Crippen LogP contribution is -2.10. The van der Waals surface area contributed by atoms with Gasteiger partial charge in [-0.05, 0) is 140 Å². The van der Waals surface area contributed by atoms with Crippen molar-refractivity contribution < 1.29 is 4.42 Å². The lowest BCUT2D eigenvalue weighted by atomic mass is 10.00. The standard InChI is InChI=1S/C64H44N2O/c1-4-15-45(16-5-1)48-31-34-55(35-32-48)65(59-36-33-53-39-52(29-30-54(53)43-59)47-19-8-3-9-20-47)56-24-13-22-50(41-56)51-23-14-26-58(42-51)66(57-25-12-21-49(40-57)46-17-6-2-7-18-46)60-37-38-62-61-27-10-11-28-63(61)67-64(62)44-60/h1-44H. The molecular weight excluding hydrogens is 813 g/mol. The highest BCUT2D eigenvalue weighted by Crippen LogP contribution is 2.43. The summed E-state index contributed by atoms with van der Waals surface area (Å²) in [6.07, 6.45) is 0. The van der Waals surface area contributed by atoms with Gasteiger partial charge in [0.1, 0.15) is 11.2 Å². The molecule has 0 aliphatic carbocycles. The fourth-order valence-corrected chi connectivity index (χ4v) is 9.47. The van der Waals surface area contributed by atoms with Crippen LogP contribution in [0.15, 0.2) is 271 Å². The number of rotatable bonds is 10. The normalized spacial score (nSPS) is 11.3. The molecule has 0 saturated heterocycles. The SMILES string of the molecule is c1ccc(-c2ccc(N(c3cccc(-c4cccc(N(c5cccc(-c6ccccc6)c5)c5ccc6c(c5)oc5ccccc56)c4)c3)c3ccc4cc(-c5ccccc5)ccc4c3)cc2)cc1. The Balaban J connectivity index is 0.961. The molecule has 12 rings (SSSR count). The van der Waals surface area contributed by atoms with Crippen LogP contribution in [0.5, 0.6) is 0 Å². The van der Waals surface area contributed by atoms with Crippen molar-refractivity contribution in [1.29, 1.82) is 0 Å². The van der Waals surface area contributed by atoms with Crippen molar-refractivity contribution in [1.82, 2.24) is 0 Å². The fourth-order valence-electron chi connectivity index (χ4n) is 9.47. The Morgan fingerprint density at radius 3 is 1.19 bits per heavy atom. The highest BCUT2D eigenvalue weighted by molar-refractivity contribution is 6.06. The van der Waals surface area contributed by atoms with Gasteiger partial charge in [0.15, 0.2) is 0 Å². The first-order valence-corrected chi connectivity index (χ1v) is 22.8. The minimum absolute atomic E-state index is 0.856. The van der Waals surface area contributed by atoms with Crippen LogP contribution in [0.25, 0.3) is 77.2 Å². The van der Waals surface area contributed by atoms with Crippen LogP contribution < -0.4 is 9.80 Å². The zero-order valence-electron chi connectivity index (χ0n) is 36.7. The van der Waals surface area contributed by atoms with E-state index in [1.165, 1.54) is 38.6 Å². The lowest BCUT2D eigenvalue weighted by Gasteiger charge is -2.27. The molecule has 3 heteroatoms. The van der Waals surface area contributed by atoms with Crippen LogP contribution >= 0.6 is 0 Å². The summed E-state index contributed by atoms with van der Waals surface area (Å²) >= 11 is 0. The number of fused-ring (bicyclic) bond motifs is 4.